The second-order valence-electron chi connectivity index (χ2n) is 5.25. The Balaban J connectivity index is 1.92. The molecule has 0 bridgehead atoms. The molecule has 6 nitrogen and oxygen atoms in total. The van der Waals surface area contributed by atoms with E-state index in [2.05, 4.69) is 10.5 Å². The number of methoxy groups -OCH3 is 2. The third-order valence-electron chi connectivity index (χ3n) is 3.39. The van der Waals surface area contributed by atoms with Crippen LogP contribution in [0.4, 0.5) is 5.69 Å². The lowest BCUT2D eigenvalue weighted by Gasteiger charge is -2.10. The summed E-state index contributed by atoms with van der Waals surface area (Å²) < 4.78 is 10.4. The van der Waals surface area contributed by atoms with Crippen molar-refractivity contribution in [1.82, 2.24) is 0 Å². The van der Waals surface area contributed by atoms with Crippen molar-refractivity contribution in [1.29, 1.82) is 0 Å². The van der Waals surface area contributed by atoms with E-state index in [9.17, 15) is 4.79 Å². The lowest BCUT2D eigenvalue weighted by atomic mass is 10.2. The molecule has 0 radical (unpaired) electrons. The number of hydrogen-bond acceptors (Lipinski definition) is 5. The Kier molecular flexibility index (Phi) is 7.12. The quantitative estimate of drug-likeness (QED) is 0.559. The molecule has 2 aromatic rings. The van der Waals surface area contributed by atoms with Gasteiger partial charge in [0.1, 0.15) is 0 Å². The lowest BCUT2D eigenvalue weighted by Crippen LogP contribution is -2.17. The SMILES string of the molecule is COc1cc(/C=N/OCC(=O)Nc2ccc(Cl)cc2C)cc(Cl)c1OC. The zero-order chi connectivity index (χ0) is 19.1. The van der Waals surface area contributed by atoms with Gasteiger partial charge in [-0.25, -0.2) is 0 Å². The van der Waals surface area contributed by atoms with Crippen LogP contribution in [0.25, 0.3) is 0 Å². The van der Waals surface area contributed by atoms with Gasteiger partial charge in [0.05, 0.1) is 25.5 Å². The van der Waals surface area contributed by atoms with Crippen LogP contribution in [0.3, 0.4) is 0 Å². The summed E-state index contributed by atoms with van der Waals surface area (Å²) in [7, 11) is 3.01. The summed E-state index contributed by atoms with van der Waals surface area (Å²) in [5, 5.41) is 7.48. The first-order valence-electron chi connectivity index (χ1n) is 7.57. The summed E-state index contributed by atoms with van der Waals surface area (Å²) in [5.74, 6) is 0.570. The molecule has 0 aliphatic rings. The van der Waals surface area contributed by atoms with Gasteiger partial charge in [0.2, 0.25) is 0 Å². The van der Waals surface area contributed by atoms with Gasteiger partial charge in [-0.2, -0.15) is 0 Å². The number of oxime groups is 1. The molecule has 0 aromatic heterocycles. The van der Waals surface area contributed by atoms with E-state index in [0.717, 1.165) is 5.56 Å². The normalized spacial score (nSPS) is 10.7. The molecular formula is C18H18Cl2N2O4. The van der Waals surface area contributed by atoms with Crippen LogP contribution < -0.4 is 14.8 Å². The van der Waals surface area contributed by atoms with Crippen molar-refractivity contribution >= 4 is 41.0 Å². The minimum absolute atomic E-state index is 0.237. The van der Waals surface area contributed by atoms with Crippen LogP contribution in [0.1, 0.15) is 11.1 Å². The molecule has 0 saturated carbocycles. The Morgan fingerprint density at radius 3 is 2.62 bits per heavy atom. The summed E-state index contributed by atoms with van der Waals surface area (Å²) in [5.41, 5.74) is 2.16. The Morgan fingerprint density at radius 2 is 1.96 bits per heavy atom. The van der Waals surface area contributed by atoms with E-state index in [1.165, 1.54) is 20.4 Å². The number of carbonyl (C=O) groups excluding carboxylic acids is 1. The van der Waals surface area contributed by atoms with Crippen molar-refractivity contribution in [3.63, 3.8) is 0 Å². The van der Waals surface area contributed by atoms with E-state index < -0.39 is 0 Å². The van der Waals surface area contributed by atoms with Crippen molar-refractivity contribution in [3.8, 4) is 11.5 Å². The van der Waals surface area contributed by atoms with Gasteiger partial charge >= 0.3 is 0 Å². The van der Waals surface area contributed by atoms with E-state index >= 15 is 0 Å². The first-order chi connectivity index (χ1) is 12.4. The Hall–Kier alpha value is -2.44. The van der Waals surface area contributed by atoms with Crippen LogP contribution in [0.2, 0.25) is 10.0 Å². The van der Waals surface area contributed by atoms with Crippen LogP contribution in [0.5, 0.6) is 11.5 Å². The minimum Gasteiger partial charge on any atom is -0.493 e. The molecule has 1 N–H and O–H groups in total. The predicted octanol–water partition coefficient (Wildman–Crippen LogP) is 4.31. The second kappa shape index (κ2) is 9.31. The van der Waals surface area contributed by atoms with Gasteiger partial charge in [0.25, 0.3) is 5.91 Å². The first kappa shape index (κ1) is 19.9. The van der Waals surface area contributed by atoms with Crippen LogP contribution in [0.15, 0.2) is 35.5 Å². The van der Waals surface area contributed by atoms with Gasteiger partial charge in [-0.1, -0.05) is 28.4 Å². The van der Waals surface area contributed by atoms with Gasteiger partial charge in [0.15, 0.2) is 18.1 Å². The highest BCUT2D eigenvalue weighted by molar-refractivity contribution is 6.32. The molecule has 0 unspecified atom stereocenters. The second-order valence-corrected chi connectivity index (χ2v) is 6.10. The summed E-state index contributed by atoms with van der Waals surface area (Å²) in [6, 6.07) is 8.52. The zero-order valence-corrected chi connectivity index (χ0v) is 16.0. The van der Waals surface area contributed by atoms with Crippen molar-refractivity contribution in [3.05, 3.63) is 51.5 Å². The third-order valence-corrected chi connectivity index (χ3v) is 3.91. The topological polar surface area (TPSA) is 69.2 Å². The molecule has 0 aliphatic heterocycles. The van der Waals surface area contributed by atoms with Crippen molar-refractivity contribution in [2.24, 2.45) is 5.16 Å². The Bertz CT molecular complexity index is 825. The van der Waals surface area contributed by atoms with Crippen molar-refractivity contribution in [2.75, 3.05) is 26.1 Å². The number of ether oxygens (including phenoxy) is 2. The van der Waals surface area contributed by atoms with Gasteiger partial charge in [0, 0.05) is 16.3 Å². The molecule has 0 spiro atoms. The summed E-state index contributed by atoms with van der Waals surface area (Å²) >= 11 is 12.0. The highest BCUT2D eigenvalue weighted by atomic mass is 35.5. The maximum Gasteiger partial charge on any atom is 0.265 e. The average molecular weight is 397 g/mol. The van der Waals surface area contributed by atoms with Gasteiger partial charge in [-0.15, -0.1) is 0 Å². The fourth-order valence-electron chi connectivity index (χ4n) is 2.16. The standard InChI is InChI=1S/C18H18Cl2N2O4/c1-11-6-13(19)4-5-15(11)22-17(23)10-26-21-9-12-7-14(20)18(25-3)16(8-12)24-2/h4-9H,10H2,1-3H3,(H,22,23)/b21-9+. The zero-order valence-electron chi connectivity index (χ0n) is 14.5. The van der Waals surface area contributed by atoms with Crippen LogP contribution in [-0.4, -0.2) is 32.9 Å². The number of hydrogen-bond donors (Lipinski definition) is 1. The molecule has 1 amide bonds. The maximum atomic E-state index is 11.9. The van der Waals surface area contributed by atoms with E-state index in [1.54, 1.807) is 30.3 Å². The number of carbonyl (C=O) groups is 1. The number of aryl methyl sites for hydroxylation is 1. The first-order valence-corrected chi connectivity index (χ1v) is 8.33. The number of nitrogens with zero attached hydrogens (tertiary/aromatic N) is 1. The molecule has 138 valence electrons. The van der Waals surface area contributed by atoms with Gasteiger partial charge in [-0.3, -0.25) is 4.79 Å². The molecule has 0 aliphatic carbocycles. The smallest absolute Gasteiger partial charge is 0.265 e. The number of amides is 1. The fourth-order valence-corrected chi connectivity index (χ4v) is 2.68. The monoisotopic (exact) mass is 396 g/mol. The number of nitrogens with one attached hydrogen (secondary N) is 1. The number of benzene rings is 2. The van der Waals surface area contributed by atoms with E-state index in [0.29, 0.717) is 32.8 Å². The molecule has 26 heavy (non-hydrogen) atoms. The summed E-state index contributed by atoms with van der Waals surface area (Å²) in [6.07, 6.45) is 1.43. The Morgan fingerprint density at radius 1 is 1.19 bits per heavy atom. The molecule has 2 rings (SSSR count). The predicted molar refractivity (Wildman–Crippen MR) is 103 cm³/mol. The van der Waals surface area contributed by atoms with Crippen molar-refractivity contribution < 1.29 is 19.1 Å². The number of anilines is 1. The van der Waals surface area contributed by atoms with Crippen LogP contribution in [0, 0.1) is 6.92 Å². The number of rotatable bonds is 7. The highest BCUT2D eigenvalue weighted by Crippen LogP contribution is 2.35. The summed E-state index contributed by atoms with van der Waals surface area (Å²) in [6.45, 7) is 1.61. The van der Waals surface area contributed by atoms with E-state index in [-0.39, 0.29) is 12.5 Å². The largest absolute Gasteiger partial charge is 0.493 e. The van der Waals surface area contributed by atoms with Gasteiger partial charge in [-0.05, 0) is 42.8 Å². The van der Waals surface area contributed by atoms with Crippen LogP contribution >= 0.6 is 23.2 Å². The fraction of sp³-hybridized carbons (Fsp3) is 0.222. The maximum absolute atomic E-state index is 11.9. The molecule has 2 aromatic carbocycles. The van der Waals surface area contributed by atoms with Crippen LogP contribution in [-0.2, 0) is 9.63 Å². The molecule has 0 saturated heterocycles. The van der Waals surface area contributed by atoms with E-state index in [4.69, 9.17) is 37.5 Å². The van der Waals surface area contributed by atoms with E-state index in [1.807, 2.05) is 6.92 Å². The molecule has 0 heterocycles. The molecular weight excluding hydrogens is 379 g/mol. The third kappa shape index (κ3) is 5.28. The highest BCUT2D eigenvalue weighted by Gasteiger charge is 2.10. The Labute approximate surface area is 161 Å². The lowest BCUT2D eigenvalue weighted by molar-refractivity contribution is -0.120. The van der Waals surface area contributed by atoms with Crippen molar-refractivity contribution in [2.45, 2.75) is 6.92 Å². The van der Waals surface area contributed by atoms with Gasteiger partial charge < -0.3 is 19.6 Å². The molecule has 8 heteroatoms. The molecule has 0 fully saturated rings. The number of halogens is 2. The summed E-state index contributed by atoms with van der Waals surface area (Å²) in [4.78, 5) is 16.9. The molecule has 0 atom stereocenters. The minimum atomic E-state index is -0.335. The average Bonchev–Trinajstić information content (AvgIpc) is 2.60.